The molecule has 0 radical (unpaired) electrons. The van der Waals surface area contributed by atoms with Crippen LogP contribution in [0, 0.1) is 35.0 Å². The Hall–Kier alpha value is -2.51. The molecule has 4 aliphatic rings. The summed E-state index contributed by atoms with van der Waals surface area (Å²) in [6.07, 6.45) is 11.7. The highest BCUT2D eigenvalue weighted by atomic mass is 16.6. The number of carbonyl (C=O) groups is 3. The van der Waals surface area contributed by atoms with E-state index in [1.807, 2.05) is 32.9 Å². The van der Waals surface area contributed by atoms with Gasteiger partial charge < -0.3 is 19.7 Å². The molecular formula is C30H40O7. The number of ether oxygens (including phenoxy) is 2. The molecule has 0 bridgehead atoms. The standard InChI is InChI=1S/C30H40O7/c1-7-8-9-10-11-12-23(33)36-27-18(3)24-21(26-28(5,6)30(26,27)37-19(4)32)13-20(16-31)14-22-25(34)17(2)15-29(22,24)35/h9-13,15,18,21-22,24,26-27,31,35H,7-8,14,16H2,1-6H3/b10-9+,12-11-/t18-,21+,22+,24-,26+,27+,29-,30+/m0/s1. The van der Waals surface area contributed by atoms with Gasteiger partial charge in [-0.2, -0.15) is 0 Å². The van der Waals surface area contributed by atoms with E-state index in [1.165, 1.54) is 13.0 Å². The number of fused-ring (bicyclic) bond motifs is 5. The zero-order valence-corrected chi connectivity index (χ0v) is 22.7. The summed E-state index contributed by atoms with van der Waals surface area (Å²) >= 11 is 0. The molecule has 4 aliphatic carbocycles. The van der Waals surface area contributed by atoms with Crippen LogP contribution in [0.2, 0.25) is 0 Å². The van der Waals surface area contributed by atoms with E-state index in [2.05, 4.69) is 6.92 Å². The van der Waals surface area contributed by atoms with Crippen molar-refractivity contribution in [1.82, 2.24) is 0 Å². The maximum absolute atomic E-state index is 13.1. The monoisotopic (exact) mass is 512 g/mol. The van der Waals surface area contributed by atoms with Gasteiger partial charge in [0, 0.05) is 36.2 Å². The van der Waals surface area contributed by atoms with Crippen molar-refractivity contribution in [3.63, 3.8) is 0 Å². The first-order chi connectivity index (χ1) is 17.4. The lowest BCUT2D eigenvalue weighted by Gasteiger charge is -2.49. The lowest BCUT2D eigenvalue weighted by molar-refractivity contribution is -0.196. The largest absolute Gasteiger partial charge is 0.455 e. The van der Waals surface area contributed by atoms with Gasteiger partial charge in [-0.05, 0) is 42.9 Å². The second kappa shape index (κ2) is 9.66. The Kier molecular flexibility index (Phi) is 7.19. The molecule has 0 aromatic rings. The molecule has 0 unspecified atom stereocenters. The topological polar surface area (TPSA) is 110 Å². The van der Waals surface area contributed by atoms with Crippen molar-refractivity contribution in [1.29, 1.82) is 0 Å². The fourth-order valence-corrected chi connectivity index (χ4v) is 7.81. The number of aliphatic hydroxyl groups excluding tert-OH is 1. The lowest BCUT2D eigenvalue weighted by Crippen LogP contribution is -2.58. The van der Waals surface area contributed by atoms with E-state index >= 15 is 0 Å². The van der Waals surface area contributed by atoms with Crippen LogP contribution >= 0.6 is 0 Å². The number of ketones is 1. The number of unbranched alkanes of at least 4 members (excludes halogenated alkanes) is 1. The van der Waals surface area contributed by atoms with E-state index in [1.54, 1.807) is 25.2 Å². The molecule has 37 heavy (non-hydrogen) atoms. The van der Waals surface area contributed by atoms with Crippen molar-refractivity contribution in [3.8, 4) is 0 Å². The smallest absolute Gasteiger partial charge is 0.331 e. The summed E-state index contributed by atoms with van der Waals surface area (Å²) in [5, 5.41) is 22.3. The van der Waals surface area contributed by atoms with Gasteiger partial charge in [0.2, 0.25) is 0 Å². The van der Waals surface area contributed by atoms with Gasteiger partial charge in [0.25, 0.3) is 0 Å². The third kappa shape index (κ3) is 4.15. The summed E-state index contributed by atoms with van der Waals surface area (Å²) in [7, 11) is 0. The SMILES string of the molecule is CCC/C=C/C=C\C(=O)O[C@@H]1[C@@H](C)[C@H]2[C@@H](C=C(CO)C[C@@H]3C(=O)C(C)=C[C@@]23O)[C@@H]2C(C)(C)[C@]12OC(C)=O. The van der Waals surface area contributed by atoms with E-state index in [-0.39, 0.29) is 30.6 Å². The molecule has 0 aliphatic heterocycles. The number of esters is 2. The van der Waals surface area contributed by atoms with Crippen molar-refractivity contribution in [2.24, 2.45) is 35.0 Å². The Morgan fingerprint density at radius 1 is 1.24 bits per heavy atom. The van der Waals surface area contributed by atoms with Crippen LogP contribution in [0.25, 0.3) is 0 Å². The molecule has 2 N–H and O–H groups in total. The highest BCUT2D eigenvalue weighted by Gasteiger charge is 2.85. The molecule has 0 aromatic carbocycles. The molecule has 0 saturated heterocycles. The fourth-order valence-electron chi connectivity index (χ4n) is 7.81. The van der Waals surface area contributed by atoms with E-state index in [4.69, 9.17) is 9.47 Å². The summed E-state index contributed by atoms with van der Waals surface area (Å²) < 4.78 is 12.1. The van der Waals surface area contributed by atoms with Crippen LogP contribution in [0.1, 0.15) is 60.8 Å². The van der Waals surface area contributed by atoms with Gasteiger partial charge >= 0.3 is 11.9 Å². The molecule has 0 heterocycles. The number of Topliss-reactive ketones (excluding diaryl/α,β-unsaturated/α-hetero) is 1. The van der Waals surface area contributed by atoms with Crippen molar-refractivity contribution < 1.29 is 34.1 Å². The fraction of sp³-hybridized carbons (Fsp3) is 0.633. The Bertz CT molecular complexity index is 1100. The van der Waals surface area contributed by atoms with Crippen molar-refractivity contribution in [3.05, 3.63) is 47.6 Å². The number of allylic oxidation sites excluding steroid dienone is 5. The minimum Gasteiger partial charge on any atom is -0.455 e. The van der Waals surface area contributed by atoms with Gasteiger partial charge in [-0.25, -0.2) is 4.79 Å². The van der Waals surface area contributed by atoms with E-state index in [0.717, 1.165) is 12.8 Å². The summed E-state index contributed by atoms with van der Waals surface area (Å²) in [4.78, 5) is 38.5. The van der Waals surface area contributed by atoms with Crippen LogP contribution in [-0.2, 0) is 23.9 Å². The number of aliphatic hydroxyl groups is 2. The zero-order valence-electron chi connectivity index (χ0n) is 22.7. The summed E-state index contributed by atoms with van der Waals surface area (Å²) in [6.45, 7) is 10.8. The molecule has 0 spiro atoms. The molecule has 7 heteroatoms. The zero-order chi connectivity index (χ0) is 27.3. The third-order valence-corrected chi connectivity index (χ3v) is 9.26. The van der Waals surface area contributed by atoms with Gasteiger partial charge in [-0.15, -0.1) is 0 Å². The van der Waals surface area contributed by atoms with Crippen LogP contribution in [0.3, 0.4) is 0 Å². The summed E-state index contributed by atoms with van der Waals surface area (Å²) in [5.74, 6) is -3.37. The second-order valence-electron chi connectivity index (χ2n) is 11.8. The van der Waals surface area contributed by atoms with Gasteiger partial charge in [-0.3, -0.25) is 9.59 Å². The Morgan fingerprint density at radius 2 is 1.95 bits per heavy atom. The first-order valence-corrected chi connectivity index (χ1v) is 13.4. The predicted molar refractivity (Wildman–Crippen MR) is 138 cm³/mol. The molecule has 4 rings (SSSR count). The minimum absolute atomic E-state index is 0.128. The Labute approximate surface area is 219 Å². The minimum atomic E-state index is -1.47. The number of hydrogen-bond donors (Lipinski definition) is 2. The Morgan fingerprint density at radius 3 is 2.57 bits per heavy atom. The van der Waals surface area contributed by atoms with Gasteiger partial charge in [0.05, 0.1) is 18.1 Å². The second-order valence-corrected chi connectivity index (χ2v) is 11.8. The number of hydrogen-bond acceptors (Lipinski definition) is 7. The first-order valence-electron chi connectivity index (χ1n) is 13.4. The van der Waals surface area contributed by atoms with Gasteiger partial charge in [0.15, 0.2) is 11.4 Å². The highest BCUT2D eigenvalue weighted by Crippen LogP contribution is 2.76. The van der Waals surface area contributed by atoms with Gasteiger partial charge in [-0.1, -0.05) is 58.4 Å². The normalized spacial score (nSPS) is 39.8. The average molecular weight is 513 g/mol. The maximum Gasteiger partial charge on any atom is 0.331 e. The van der Waals surface area contributed by atoms with Crippen molar-refractivity contribution in [2.45, 2.75) is 78.1 Å². The molecule has 8 atom stereocenters. The Balaban J connectivity index is 1.80. The molecular weight excluding hydrogens is 472 g/mol. The van der Waals surface area contributed by atoms with Crippen LogP contribution in [0.5, 0.6) is 0 Å². The number of carbonyl (C=O) groups excluding carboxylic acids is 3. The average Bonchev–Trinajstić information content (AvgIpc) is 3.26. The van der Waals surface area contributed by atoms with Crippen LogP contribution in [0.15, 0.2) is 47.6 Å². The third-order valence-electron chi connectivity index (χ3n) is 9.26. The molecule has 0 amide bonds. The molecule has 2 fully saturated rings. The van der Waals surface area contributed by atoms with E-state index < -0.39 is 52.4 Å². The summed E-state index contributed by atoms with van der Waals surface area (Å²) in [6, 6.07) is 0. The molecule has 7 nitrogen and oxygen atoms in total. The maximum atomic E-state index is 13.1. The van der Waals surface area contributed by atoms with Crippen LogP contribution in [-0.4, -0.2) is 51.8 Å². The van der Waals surface area contributed by atoms with Crippen molar-refractivity contribution >= 4 is 17.7 Å². The van der Waals surface area contributed by atoms with Crippen LogP contribution in [0.4, 0.5) is 0 Å². The van der Waals surface area contributed by atoms with Crippen molar-refractivity contribution in [2.75, 3.05) is 6.61 Å². The number of rotatable bonds is 7. The lowest BCUT2D eigenvalue weighted by atomic mass is 9.61. The quantitative estimate of drug-likeness (QED) is 0.231. The van der Waals surface area contributed by atoms with E-state index in [0.29, 0.717) is 11.1 Å². The predicted octanol–water partition coefficient (Wildman–Crippen LogP) is 3.85. The molecule has 202 valence electrons. The molecule has 0 aromatic heterocycles. The summed E-state index contributed by atoms with van der Waals surface area (Å²) in [5.41, 5.74) is -1.94. The van der Waals surface area contributed by atoms with Gasteiger partial charge in [0.1, 0.15) is 6.10 Å². The molecule has 2 saturated carbocycles. The van der Waals surface area contributed by atoms with E-state index in [9.17, 15) is 24.6 Å². The van der Waals surface area contributed by atoms with Crippen LogP contribution < -0.4 is 0 Å². The highest BCUT2D eigenvalue weighted by molar-refractivity contribution is 6.01. The first kappa shape index (κ1) is 27.5.